The first kappa shape index (κ1) is 34.0. The summed E-state index contributed by atoms with van der Waals surface area (Å²) in [6.07, 6.45) is -3.32. The van der Waals surface area contributed by atoms with Gasteiger partial charge in [-0.05, 0) is 52.4 Å². The summed E-state index contributed by atoms with van der Waals surface area (Å²) in [7, 11) is 0. The van der Waals surface area contributed by atoms with Gasteiger partial charge in [-0.25, -0.2) is 10.0 Å². The van der Waals surface area contributed by atoms with Crippen molar-refractivity contribution >= 4 is 23.4 Å². The number of nitrogens with zero attached hydrogens (tertiary/aromatic N) is 6. The number of imidazole rings is 1. The number of aromatic amines is 1. The van der Waals surface area contributed by atoms with Crippen molar-refractivity contribution in [3.63, 3.8) is 0 Å². The molecule has 0 spiro atoms. The zero-order valence-electron chi connectivity index (χ0n) is 26.9. The number of nitrogens with one attached hydrogen (secondary N) is 2. The van der Waals surface area contributed by atoms with Crippen LogP contribution in [-0.4, -0.2) is 65.3 Å². The molecule has 0 bridgehead atoms. The minimum absolute atomic E-state index is 0.163. The number of hydrogen-bond donors (Lipinski definition) is 3. The number of hydrogen-bond acceptors (Lipinski definition) is 7. The minimum Gasteiger partial charge on any atom is -0.347 e. The molecule has 0 radical (unpaired) electrons. The van der Waals surface area contributed by atoms with Crippen LogP contribution < -0.4 is 5.32 Å². The van der Waals surface area contributed by atoms with Crippen molar-refractivity contribution in [1.29, 1.82) is 0 Å². The fourth-order valence-electron chi connectivity index (χ4n) is 5.98. The van der Waals surface area contributed by atoms with Gasteiger partial charge in [0.2, 0.25) is 12.2 Å². The summed E-state index contributed by atoms with van der Waals surface area (Å²) >= 11 is 0. The maximum Gasteiger partial charge on any atom is 0.418 e. The number of benzene rings is 4. The number of carbonyl (C=O) groups is 2. The monoisotopic (exact) mass is 682 g/mol. The lowest BCUT2D eigenvalue weighted by Gasteiger charge is -2.22. The summed E-state index contributed by atoms with van der Waals surface area (Å²) in [6, 6.07) is 25.7. The first-order valence-electron chi connectivity index (χ1n) is 15.9. The maximum atomic E-state index is 14.5. The molecular weight excluding hydrogens is 649 g/mol. The van der Waals surface area contributed by atoms with Crippen LogP contribution >= 0.6 is 0 Å². The fourth-order valence-corrected chi connectivity index (χ4v) is 5.98. The number of hydroxylamine groups is 2. The molecule has 0 unspecified atom stereocenters. The molecule has 11 nitrogen and oxygen atoms in total. The molecule has 14 heteroatoms. The van der Waals surface area contributed by atoms with Gasteiger partial charge in [0.05, 0.1) is 23.7 Å². The van der Waals surface area contributed by atoms with Crippen LogP contribution in [0.15, 0.2) is 91.0 Å². The molecular formula is C36H33F3N8O3. The van der Waals surface area contributed by atoms with E-state index in [1.54, 1.807) is 16.7 Å². The highest BCUT2D eigenvalue weighted by Gasteiger charge is 2.36. The Morgan fingerprint density at radius 3 is 2.38 bits per heavy atom. The van der Waals surface area contributed by atoms with Gasteiger partial charge in [0.1, 0.15) is 11.3 Å². The maximum absolute atomic E-state index is 14.5. The molecule has 4 aromatic carbocycles. The Bertz CT molecular complexity index is 2080. The molecule has 3 N–H and O–H groups in total. The van der Waals surface area contributed by atoms with Gasteiger partial charge in [-0.1, -0.05) is 85.8 Å². The van der Waals surface area contributed by atoms with E-state index in [1.807, 2.05) is 73.7 Å². The second kappa shape index (κ2) is 14.7. The molecule has 6 rings (SSSR count). The number of carbonyl (C=O) groups excluding carboxylic acids is 2. The average molecular weight is 683 g/mol. The molecule has 256 valence electrons. The molecule has 2 aromatic heterocycles. The van der Waals surface area contributed by atoms with Gasteiger partial charge in [-0.2, -0.15) is 18.4 Å². The van der Waals surface area contributed by atoms with E-state index in [1.165, 1.54) is 6.07 Å². The Balaban J connectivity index is 1.36. The molecule has 2 amide bonds. The number of alkyl halides is 3. The SMILES string of the molecule is CCCc1nc2c(C(F)(F)F)cc(C(=O)N[C@H](Cc3ccccc3)CN(O)C=O)cc2n1Cc1ccc(-c2ccccc2-c2nn[nH]n2)cc1. The summed E-state index contributed by atoms with van der Waals surface area (Å²) in [5.41, 5.74) is 2.83. The molecule has 0 saturated heterocycles. The summed E-state index contributed by atoms with van der Waals surface area (Å²) in [6.45, 7) is 1.85. The predicted molar refractivity (Wildman–Crippen MR) is 179 cm³/mol. The largest absolute Gasteiger partial charge is 0.418 e. The second-order valence-electron chi connectivity index (χ2n) is 11.8. The first-order valence-corrected chi connectivity index (χ1v) is 15.9. The van der Waals surface area contributed by atoms with Crippen LogP contribution in [0.25, 0.3) is 33.5 Å². The highest BCUT2D eigenvalue weighted by molar-refractivity contribution is 5.99. The lowest BCUT2D eigenvalue weighted by molar-refractivity contribution is -0.150. The van der Waals surface area contributed by atoms with Crippen LogP contribution in [0.5, 0.6) is 0 Å². The van der Waals surface area contributed by atoms with Crippen LogP contribution in [0, 0.1) is 0 Å². The van der Waals surface area contributed by atoms with Crippen molar-refractivity contribution in [1.82, 2.24) is 40.6 Å². The number of H-pyrrole nitrogens is 1. The van der Waals surface area contributed by atoms with Gasteiger partial charge in [0, 0.05) is 24.1 Å². The first-order chi connectivity index (χ1) is 24.1. The van der Waals surface area contributed by atoms with Gasteiger partial charge in [-0.3, -0.25) is 14.8 Å². The molecule has 1 atom stereocenters. The number of tetrazole rings is 1. The van der Waals surface area contributed by atoms with Crippen LogP contribution in [-0.2, 0) is 30.4 Å². The number of fused-ring (bicyclic) bond motifs is 1. The molecule has 0 aliphatic heterocycles. The third kappa shape index (κ3) is 7.55. The second-order valence-corrected chi connectivity index (χ2v) is 11.8. The molecule has 50 heavy (non-hydrogen) atoms. The van der Waals surface area contributed by atoms with Gasteiger partial charge >= 0.3 is 6.18 Å². The molecule has 2 heterocycles. The zero-order valence-corrected chi connectivity index (χ0v) is 26.9. The third-order valence-electron chi connectivity index (χ3n) is 8.28. The van der Waals surface area contributed by atoms with Crippen LogP contribution in [0.3, 0.4) is 0 Å². The lowest BCUT2D eigenvalue weighted by Crippen LogP contribution is -2.44. The Morgan fingerprint density at radius 2 is 1.72 bits per heavy atom. The van der Waals surface area contributed by atoms with Crippen molar-refractivity contribution in [3.05, 3.63) is 119 Å². The van der Waals surface area contributed by atoms with Gasteiger partial charge in [-0.15, -0.1) is 10.2 Å². The summed E-state index contributed by atoms with van der Waals surface area (Å²) < 4.78 is 45.4. The van der Waals surface area contributed by atoms with E-state index >= 15 is 0 Å². The van der Waals surface area contributed by atoms with E-state index < -0.39 is 23.7 Å². The van der Waals surface area contributed by atoms with Crippen LogP contribution in [0.1, 0.15) is 46.2 Å². The Hall–Kier alpha value is -5.89. The van der Waals surface area contributed by atoms with Crippen molar-refractivity contribution in [2.24, 2.45) is 0 Å². The van der Waals surface area contributed by atoms with Crippen LogP contribution in [0.2, 0.25) is 0 Å². The van der Waals surface area contributed by atoms with Gasteiger partial charge < -0.3 is 9.88 Å². The summed E-state index contributed by atoms with van der Waals surface area (Å²) in [5.74, 6) is 0.121. The van der Waals surface area contributed by atoms with Crippen molar-refractivity contribution in [3.8, 4) is 22.5 Å². The summed E-state index contributed by atoms with van der Waals surface area (Å²) in [5, 5.41) is 27.3. The van der Waals surface area contributed by atoms with E-state index in [0.717, 1.165) is 33.9 Å². The standard InChI is InChI=1S/C36H33F3N8O3/c1-2-8-32-41-33-30(36(37,38)39)18-26(35(49)40-27(21-46(50)22-48)17-23-9-4-3-5-10-23)19-31(33)47(32)20-24-13-15-25(16-14-24)28-11-6-7-12-29(28)34-42-44-45-43-34/h3-7,9-16,18-19,22,27,50H,2,8,17,20-21H2,1H3,(H,40,49)(H,42,43,44,45)/t27-/m1/s1. The number of aryl methyl sites for hydroxylation is 1. The van der Waals surface area contributed by atoms with E-state index in [2.05, 4.69) is 30.9 Å². The topological polar surface area (TPSA) is 142 Å². The van der Waals surface area contributed by atoms with E-state index in [4.69, 9.17) is 0 Å². The van der Waals surface area contributed by atoms with Crippen molar-refractivity contribution < 1.29 is 28.0 Å². The Kier molecular flexibility index (Phi) is 9.99. The molecule has 0 aliphatic rings. The molecule has 6 aromatic rings. The predicted octanol–water partition coefficient (Wildman–Crippen LogP) is 6.09. The fraction of sp³-hybridized carbons (Fsp3) is 0.222. The Morgan fingerprint density at radius 1 is 1.00 bits per heavy atom. The van der Waals surface area contributed by atoms with Gasteiger partial charge in [0.25, 0.3) is 5.91 Å². The quantitative estimate of drug-likeness (QED) is 0.0760. The lowest BCUT2D eigenvalue weighted by atomic mass is 9.98. The zero-order chi connectivity index (χ0) is 35.3. The molecule has 0 fully saturated rings. The highest BCUT2D eigenvalue weighted by Crippen LogP contribution is 2.37. The number of aromatic nitrogens is 6. The molecule has 0 saturated carbocycles. The van der Waals surface area contributed by atoms with Gasteiger partial charge in [0.15, 0.2) is 0 Å². The number of halogens is 3. The van der Waals surface area contributed by atoms with Crippen molar-refractivity contribution in [2.45, 2.75) is 44.9 Å². The number of rotatable bonds is 13. The third-order valence-corrected chi connectivity index (χ3v) is 8.28. The normalized spacial score (nSPS) is 12.2. The average Bonchev–Trinajstić information content (AvgIpc) is 3.77. The van der Waals surface area contributed by atoms with E-state index in [9.17, 15) is 28.0 Å². The van der Waals surface area contributed by atoms with E-state index in [-0.39, 0.29) is 42.5 Å². The Labute approximate surface area is 284 Å². The van der Waals surface area contributed by atoms with Crippen molar-refractivity contribution in [2.75, 3.05) is 6.54 Å². The minimum atomic E-state index is -4.80. The number of amides is 2. The van der Waals surface area contributed by atoms with E-state index in [0.29, 0.717) is 29.6 Å². The highest BCUT2D eigenvalue weighted by atomic mass is 19.4. The smallest absolute Gasteiger partial charge is 0.347 e. The summed E-state index contributed by atoms with van der Waals surface area (Å²) in [4.78, 5) is 29.2. The molecule has 0 aliphatic carbocycles. The van der Waals surface area contributed by atoms with Crippen LogP contribution in [0.4, 0.5) is 13.2 Å².